The van der Waals surface area contributed by atoms with Gasteiger partial charge in [-0.3, -0.25) is 14.0 Å². The van der Waals surface area contributed by atoms with E-state index in [1.807, 2.05) is 21.2 Å². The van der Waals surface area contributed by atoms with Gasteiger partial charge in [-0.1, -0.05) is 6.92 Å². The normalized spacial score (nSPS) is 15.8. The van der Waals surface area contributed by atoms with Crippen molar-refractivity contribution in [2.24, 2.45) is 7.05 Å². The van der Waals surface area contributed by atoms with Crippen molar-refractivity contribution in [2.45, 2.75) is 39.2 Å². The van der Waals surface area contributed by atoms with Gasteiger partial charge in [0.1, 0.15) is 12.1 Å². The summed E-state index contributed by atoms with van der Waals surface area (Å²) < 4.78 is 4.27. The van der Waals surface area contributed by atoms with Crippen molar-refractivity contribution in [3.63, 3.8) is 0 Å². The van der Waals surface area contributed by atoms with E-state index in [0.717, 1.165) is 49.2 Å². The van der Waals surface area contributed by atoms with Crippen LogP contribution < -0.4 is 0 Å². The Bertz CT molecular complexity index is 720. The Morgan fingerprint density at radius 1 is 1.33 bits per heavy atom. The number of H-pyrrole nitrogens is 1. The predicted octanol–water partition coefficient (Wildman–Crippen LogP) is 2.01. The quantitative estimate of drug-likeness (QED) is 0.883. The maximum atomic E-state index is 12.5. The van der Waals surface area contributed by atoms with Crippen LogP contribution >= 0.6 is 12.2 Å². The smallest absolute Gasteiger partial charge is 0.242 e. The van der Waals surface area contributed by atoms with Crippen molar-refractivity contribution in [1.82, 2.24) is 24.2 Å². The first-order chi connectivity index (χ1) is 10.1. The molecule has 2 aromatic heterocycles. The highest BCUT2D eigenvalue weighted by Gasteiger charge is 2.20. The Kier molecular flexibility index (Phi) is 3.84. The van der Waals surface area contributed by atoms with E-state index in [-0.39, 0.29) is 5.91 Å². The second-order valence-corrected chi connectivity index (χ2v) is 5.97. The molecule has 7 heteroatoms. The Balaban J connectivity index is 1.93. The van der Waals surface area contributed by atoms with Crippen LogP contribution in [0.5, 0.6) is 0 Å². The average Bonchev–Trinajstić information content (AvgIpc) is 2.98. The number of hydrogen-bond acceptors (Lipinski definition) is 3. The summed E-state index contributed by atoms with van der Waals surface area (Å²) in [6.45, 7) is 4.09. The zero-order chi connectivity index (χ0) is 15.0. The molecule has 0 radical (unpaired) electrons. The first-order valence-corrected chi connectivity index (χ1v) is 7.94. The van der Waals surface area contributed by atoms with Crippen molar-refractivity contribution in [3.8, 4) is 0 Å². The summed E-state index contributed by atoms with van der Waals surface area (Å²) in [6, 6.07) is 0. The number of likely N-dealkylation sites (tertiary alicyclic amines) is 1. The van der Waals surface area contributed by atoms with Crippen LogP contribution in [0.3, 0.4) is 0 Å². The molecule has 0 aliphatic carbocycles. The molecule has 1 N–H and O–H groups in total. The van der Waals surface area contributed by atoms with Gasteiger partial charge in [-0.15, -0.1) is 0 Å². The zero-order valence-electron chi connectivity index (χ0n) is 12.6. The molecule has 6 nitrogen and oxygen atoms in total. The summed E-state index contributed by atoms with van der Waals surface area (Å²) in [7, 11) is 1.89. The van der Waals surface area contributed by atoms with Crippen LogP contribution in [0.25, 0.3) is 11.2 Å². The number of imidazole rings is 1. The van der Waals surface area contributed by atoms with Crippen LogP contribution in [0.2, 0.25) is 0 Å². The van der Waals surface area contributed by atoms with Gasteiger partial charge in [0.05, 0.1) is 5.69 Å². The van der Waals surface area contributed by atoms with E-state index in [1.54, 1.807) is 0 Å². The van der Waals surface area contributed by atoms with E-state index >= 15 is 0 Å². The van der Waals surface area contributed by atoms with Gasteiger partial charge >= 0.3 is 0 Å². The summed E-state index contributed by atoms with van der Waals surface area (Å²) in [4.78, 5) is 17.6. The summed E-state index contributed by atoms with van der Waals surface area (Å²) in [5, 5.41) is 4.48. The van der Waals surface area contributed by atoms with Gasteiger partial charge < -0.3 is 9.88 Å². The standard InChI is InChI=1S/C14H21N5OS/c1-3-10-12-13(17(2)16-10)19(14(21)15-12)9-11(20)18-7-5-4-6-8-18/h3-9H2,1-2H3,(H,15,21). The van der Waals surface area contributed by atoms with E-state index in [4.69, 9.17) is 12.2 Å². The second kappa shape index (κ2) is 5.63. The van der Waals surface area contributed by atoms with Gasteiger partial charge in [0, 0.05) is 20.1 Å². The summed E-state index contributed by atoms with van der Waals surface area (Å²) in [5.41, 5.74) is 2.85. The Morgan fingerprint density at radius 3 is 2.71 bits per heavy atom. The fourth-order valence-corrected chi connectivity index (χ4v) is 3.30. The van der Waals surface area contributed by atoms with Crippen molar-refractivity contribution < 1.29 is 4.79 Å². The molecule has 1 amide bonds. The van der Waals surface area contributed by atoms with Crippen molar-refractivity contribution in [1.29, 1.82) is 0 Å². The first kappa shape index (κ1) is 14.3. The minimum atomic E-state index is 0.144. The number of aryl methyl sites for hydroxylation is 2. The van der Waals surface area contributed by atoms with Crippen LogP contribution in [0.1, 0.15) is 31.9 Å². The highest BCUT2D eigenvalue weighted by molar-refractivity contribution is 7.71. The maximum Gasteiger partial charge on any atom is 0.242 e. The number of nitrogens with one attached hydrogen (secondary N) is 1. The lowest BCUT2D eigenvalue weighted by atomic mass is 10.1. The topological polar surface area (TPSA) is 58.9 Å². The molecule has 1 aliphatic rings. The van der Waals surface area contributed by atoms with E-state index in [2.05, 4.69) is 17.0 Å². The van der Waals surface area contributed by atoms with Gasteiger partial charge in [-0.2, -0.15) is 5.10 Å². The van der Waals surface area contributed by atoms with Crippen LogP contribution in [0.15, 0.2) is 0 Å². The fraction of sp³-hybridized carbons (Fsp3) is 0.643. The molecule has 1 saturated heterocycles. The fourth-order valence-electron chi connectivity index (χ4n) is 3.05. The van der Waals surface area contributed by atoms with E-state index in [0.29, 0.717) is 11.3 Å². The number of carbonyl (C=O) groups is 1. The number of fused-ring (bicyclic) bond motifs is 1. The molecule has 0 aromatic carbocycles. The first-order valence-electron chi connectivity index (χ1n) is 7.54. The molecule has 0 saturated carbocycles. The number of rotatable bonds is 3. The van der Waals surface area contributed by atoms with Crippen molar-refractivity contribution in [2.75, 3.05) is 13.1 Å². The Hall–Kier alpha value is -1.63. The lowest BCUT2D eigenvalue weighted by Gasteiger charge is -2.26. The second-order valence-electron chi connectivity index (χ2n) is 5.58. The molecule has 2 aromatic rings. The number of carbonyl (C=O) groups excluding carboxylic acids is 1. The molecule has 3 rings (SSSR count). The third-order valence-electron chi connectivity index (χ3n) is 4.16. The van der Waals surface area contributed by atoms with Gasteiger partial charge in [-0.05, 0) is 37.9 Å². The number of aromatic nitrogens is 4. The van der Waals surface area contributed by atoms with Crippen LogP contribution in [0.4, 0.5) is 0 Å². The van der Waals surface area contributed by atoms with E-state index in [1.165, 1.54) is 6.42 Å². The third kappa shape index (κ3) is 2.50. The van der Waals surface area contributed by atoms with Gasteiger partial charge in [0.15, 0.2) is 10.4 Å². The molecule has 21 heavy (non-hydrogen) atoms. The zero-order valence-corrected chi connectivity index (χ0v) is 13.4. The number of aromatic amines is 1. The molecule has 1 aliphatic heterocycles. The molecule has 0 unspecified atom stereocenters. The van der Waals surface area contributed by atoms with Crippen molar-refractivity contribution in [3.05, 3.63) is 10.5 Å². The molecule has 3 heterocycles. The predicted molar refractivity (Wildman–Crippen MR) is 83.7 cm³/mol. The monoisotopic (exact) mass is 307 g/mol. The molecule has 0 atom stereocenters. The number of hydrogen-bond donors (Lipinski definition) is 1. The van der Waals surface area contributed by atoms with E-state index in [9.17, 15) is 4.79 Å². The highest BCUT2D eigenvalue weighted by Crippen LogP contribution is 2.19. The molecule has 0 bridgehead atoms. The molecule has 1 fully saturated rings. The maximum absolute atomic E-state index is 12.5. The van der Waals surface area contributed by atoms with Crippen molar-refractivity contribution >= 4 is 29.3 Å². The lowest BCUT2D eigenvalue weighted by molar-refractivity contribution is -0.132. The van der Waals surface area contributed by atoms with E-state index < -0.39 is 0 Å². The number of piperidine rings is 1. The third-order valence-corrected chi connectivity index (χ3v) is 4.48. The highest BCUT2D eigenvalue weighted by atomic mass is 32.1. The van der Waals surface area contributed by atoms with Gasteiger partial charge in [0.25, 0.3) is 0 Å². The summed E-state index contributed by atoms with van der Waals surface area (Å²) >= 11 is 5.39. The number of amides is 1. The number of nitrogens with zero attached hydrogens (tertiary/aromatic N) is 4. The Morgan fingerprint density at radius 2 is 2.05 bits per heavy atom. The van der Waals surface area contributed by atoms with Crippen LogP contribution in [0, 0.1) is 4.77 Å². The summed E-state index contributed by atoms with van der Waals surface area (Å²) in [6.07, 6.45) is 4.27. The molecular weight excluding hydrogens is 286 g/mol. The Labute approximate surface area is 128 Å². The molecular formula is C14H21N5OS. The van der Waals surface area contributed by atoms with Crippen LogP contribution in [-0.4, -0.2) is 43.2 Å². The van der Waals surface area contributed by atoms with Gasteiger partial charge in [0.2, 0.25) is 5.91 Å². The SMILES string of the molecule is CCc1nn(C)c2c1[nH]c(=S)n2CC(=O)N1CCCCC1. The molecule has 0 spiro atoms. The largest absolute Gasteiger partial charge is 0.341 e. The summed E-state index contributed by atoms with van der Waals surface area (Å²) in [5.74, 6) is 0.144. The minimum absolute atomic E-state index is 0.144. The lowest BCUT2D eigenvalue weighted by Crippen LogP contribution is -2.37. The van der Waals surface area contributed by atoms with Crippen LogP contribution in [-0.2, 0) is 24.8 Å². The van der Waals surface area contributed by atoms with Gasteiger partial charge in [-0.25, -0.2) is 0 Å². The average molecular weight is 307 g/mol. The minimum Gasteiger partial charge on any atom is -0.341 e. The molecule has 114 valence electrons.